The van der Waals surface area contributed by atoms with Crippen LogP contribution in [0.3, 0.4) is 0 Å². The van der Waals surface area contributed by atoms with E-state index in [-0.39, 0.29) is 0 Å². The number of para-hydroxylation sites is 1. The summed E-state index contributed by atoms with van der Waals surface area (Å²) in [5, 5.41) is 1.08. The number of hydrogen-bond donors (Lipinski definition) is 0. The van der Waals surface area contributed by atoms with Crippen molar-refractivity contribution in [3.63, 3.8) is 0 Å². The average molecular weight is 304 g/mol. The molecule has 0 atom stereocenters. The molecular weight excluding hydrogens is 284 g/mol. The molecule has 0 amide bonds. The van der Waals surface area contributed by atoms with Crippen LogP contribution in [-0.2, 0) is 0 Å². The van der Waals surface area contributed by atoms with E-state index in [0.29, 0.717) is 0 Å². The van der Waals surface area contributed by atoms with Gasteiger partial charge < -0.3 is 9.80 Å². The van der Waals surface area contributed by atoms with Gasteiger partial charge in [-0.15, -0.1) is 0 Å². The fraction of sp³-hybridized carbons (Fsp3) is 0.263. The average Bonchev–Trinajstić information content (AvgIpc) is 2.62. The van der Waals surface area contributed by atoms with E-state index >= 15 is 0 Å². The van der Waals surface area contributed by atoms with E-state index < -0.39 is 0 Å². The highest BCUT2D eigenvalue weighted by Gasteiger charge is 2.14. The molecule has 1 aliphatic heterocycles. The van der Waals surface area contributed by atoms with Gasteiger partial charge in [-0.3, -0.25) is 0 Å². The number of likely N-dealkylation sites (N-methyl/N-ethyl adjacent to an activating group) is 1. The van der Waals surface area contributed by atoms with Crippen LogP contribution >= 0.6 is 0 Å². The second kappa shape index (κ2) is 5.97. The van der Waals surface area contributed by atoms with Crippen LogP contribution in [0, 0.1) is 0 Å². The quantitative estimate of drug-likeness (QED) is 0.728. The van der Waals surface area contributed by atoms with Crippen molar-refractivity contribution >= 4 is 16.6 Å². The van der Waals surface area contributed by atoms with E-state index in [0.717, 1.165) is 42.6 Å². The summed E-state index contributed by atoms with van der Waals surface area (Å²) < 4.78 is 0. The lowest BCUT2D eigenvalue weighted by molar-refractivity contribution is 0.313. The van der Waals surface area contributed by atoms with E-state index in [4.69, 9.17) is 0 Å². The molecule has 1 saturated heterocycles. The first-order valence-corrected chi connectivity index (χ1v) is 8.04. The first-order valence-electron chi connectivity index (χ1n) is 8.04. The molecule has 0 aliphatic carbocycles. The first-order chi connectivity index (χ1) is 11.3. The molecular formula is C19H20N4. The monoisotopic (exact) mass is 304 g/mol. The largest absolute Gasteiger partial charge is 0.369 e. The highest BCUT2D eigenvalue weighted by Crippen LogP contribution is 2.28. The zero-order chi connectivity index (χ0) is 15.6. The molecule has 4 rings (SSSR count). The van der Waals surface area contributed by atoms with Crippen molar-refractivity contribution < 1.29 is 0 Å². The third-order valence-electron chi connectivity index (χ3n) is 4.58. The molecule has 116 valence electrons. The van der Waals surface area contributed by atoms with Crippen LogP contribution in [0.4, 0.5) is 5.69 Å². The van der Waals surface area contributed by atoms with Gasteiger partial charge in [-0.1, -0.05) is 30.3 Å². The van der Waals surface area contributed by atoms with Gasteiger partial charge >= 0.3 is 0 Å². The van der Waals surface area contributed by atoms with Crippen molar-refractivity contribution in [2.24, 2.45) is 0 Å². The predicted octanol–water partition coefficient (Wildman–Crippen LogP) is 3.05. The van der Waals surface area contributed by atoms with Crippen molar-refractivity contribution in [3.05, 3.63) is 55.0 Å². The van der Waals surface area contributed by atoms with E-state index in [2.05, 4.69) is 69.3 Å². The molecule has 0 saturated carbocycles. The third kappa shape index (κ3) is 2.78. The molecule has 0 unspecified atom stereocenters. The minimum atomic E-state index is 1.01. The van der Waals surface area contributed by atoms with Crippen LogP contribution in [0.5, 0.6) is 0 Å². The zero-order valence-corrected chi connectivity index (χ0v) is 13.3. The number of hydrogen-bond acceptors (Lipinski definition) is 4. The fourth-order valence-corrected chi connectivity index (χ4v) is 3.16. The van der Waals surface area contributed by atoms with Crippen LogP contribution in [0.2, 0.25) is 0 Å². The minimum Gasteiger partial charge on any atom is -0.369 e. The van der Waals surface area contributed by atoms with E-state index in [1.807, 2.05) is 6.20 Å². The minimum absolute atomic E-state index is 1.01. The number of nitrogens with zero attached hydrogens (tertiary/aromatic N) is 4. The Morgan fingerprint density at radius 1 is 0.913 bits per heavy atom. The summed E-state index contributed by atoms with van der Waals surface area (Å²) in [7, 11) is 2.18. The van der Waals surface area contributed by atoms with Crippen molar-refractivity contribution in [2.45, 2.75) is 0 Å². The Morgan fingerprint density at radius 2 is 1.70 bits per heavy atom. The zero-order valence-electron chi connectivity index (χ0n) is 13.3. The molecule has 2 aromatic carbocycles. The standard InChI is InChI=1S/C19H20N4/c1-22-9-11-23(12-10-22)17-7-5-15(6-8-17)18-4-2-3-16-13-20-14-21-19(16)18/h2-8,13-14H,9-12H2,1H3. The molecule has 1 fully saturated rings. The normalized spacial score (nSPS) is 16.0. The van der Waals surface area contributed by atoms with Gasteiger partial charge in [0.05, 0.1) is 5.52 Å². The van der Waals surface area contributed by atoms with Gasteiger partial charge in [0.2, 0.25) is 0 Å². The fourth-order valence-electron chi connectivity index (χ4n) is 3.16. The molecule has 0 radical (unpaired) electrons. The Labute approximate surface area is 136 Å². The van der Waals surface area contributed by atoms with Crippen molar-refractivity contribution in [2.75, 3.05) is 38.1 Å². The number of aromatic nitrogens is 2. The van der Waals surface area contributed by atoms with Gasteiger partial charge in [0.1, 0.15) is 6.33 Å². The lowest BCUT2D eigenvalue weighted by Crippen LogP contribution is -2.44. The Bertz CT molecular complexity index is 800. The second-order valence-corrected chi connectivity index (χ2v) is 6.10. The van der Waals surface area contributed by atoms with Crippen LogP contribution in [0.15, 0.2) is 55.0 Å². The van der Waals surface area contributed by atoms with Crippen LogP contribution in [0.25, 0.3) is 22.0 Å². The Hall–Kier alpha value is -2.46. The van der Waals surface area contributed by atoms with E-state index in [9.17, 15) is 0 Å². The smallest absolute Gasteiger partial charge is 0.116 e. The molecule has 0 bridgehead atoms. The molecule has 4 nitrogen and oxygen atoms in total. The number of fused-ring (bicyclic) bond motifs is 1. The molecule has 3 aromatic rings. The van der Waals surface area contributed by atoms with Gasteiger partial charge in [-0.05, 0) is 24.7 Å². The third-order valence-corrected chi connectivity index (χ3v) is 4.58. The van der Waals surface area contributed by atoms with Gasteiger partial charge in [0.25, 0.3) is 0 Å². The Morgan fingerprint density at radius 3 is 2.48 bits per heavy atom. The van der Waals surface area contributed by atoms with Gasteiger partial charge in [0, 0.05) is 49.0 Å². The van der Waals surface area contributed by atoms with Crippen molar-refractivity contribution in [3.8, 4) is 11.1 Å². The first kappa shape index (κ1) is 14.2. The SMILES string of the molecule is CN1CCN(c2ccc(-c3cccc4cncnc34)cc2)CC1. The Kier molecular flexibility index (Phi) is 3.67. The lowest BCUT2D eigenvalue weighted by atomic mass is 10.0. The molecule has 1 aromatic heterocycles. The van der Waals surface area contributed by atoms with E-state index in [1.54, 1.807) is 6.33 Å². The maximum Gasteiger partial charge on any atom is 0.116 e. The number of rotatable bonds is 2. The number of benzene rings is 2. The molecule has 23 heavy (non-hydrogen) atoms. The second-order valence-electron chi connectivity index (χ2n) is 6.10. The topological polar surface area (TPSA) is 32.3 Å². The molecule has 2 heterocycles. The summed E-state index contributed by atoms with van der Waals surface area (Å²) in [5.74, 6) is 0. The highest BCUT2D eigenvalue weighted by molar-refractivity contribution is 5.93. The van der Waals surface area contributed by atoms with Crippen LogP contribution < -0.4 is 4.90 Å². The summed E-state index contributed by atoms with van der Waals surface area (Å²) in [6.45, 7) is 4.44. The molecule has 1 aliphatic rings. The summed E-state index contributed by atoms with van der Waals surface area (Å²) in [6.07, 6.45) is 3.48. The van der Waals surface area contributed by atoms with Gasteiger partial charge in [-0.2, -0.15) is 0 Å². The highest BCUT2D eigenvalue weighted by atomic mass is 15.2. The molecule has 0 N–H and O–H groups in total. The van der Waals surface area contributed by atoms with Gasteiger partial charge in [-0.25, -0.2) is 9.97 Å². The maximum atomic E-state index is 4.45. The van der Waals surface area contributed by atoms with Crippen LogP contribution in [0.1, 0.15) is 0 Å². The van der Waals surface area contributed by atoms with Crippen molar-refractivity contribution in [1.82, 2.24) is 14.9 Å². The summed E-state index contributed by atoms with van der Waals surface area (Å²) in [6, 6.07) is 15.1. The predicted molar refractivity (Wildman–Crippen MR) is 94.7 cm³/mol. The van der Waals surface area contributed by atoms with Crippen LogP contribution in [-0.4, -0.2) is 48.1 Å². The summed E-state index contributed by atoms with van der Waals surface area (Å²) >= 11 is 0. The maximum absolute atomic E-state index is 4.45. The summed E-state index contributed by atoms with van der Waals surface area (Å²) in [5.41, 5.74) is 4.67. The Balaban J connectivity index is 1.65. The summed E-state index contributed by atoms with van der Waals surface area (Å²) in [4.78, 5) is 13.4. The van der Waals surface area contributed by atoms with Gasteiger partial charge in [0.15, 0.2) is 0 Å². The number of anilines is 1. The molecule has 4 heteroatoms. The molecule has 0 spiro atoms. The number of piperazine rings is 1. The van der Waals surface area contributed by atoms with E-state index in [1.165, 1.54) is 11.3 Å². The van der Waals surface area contributed by atoms with Crippen molar-refractivity contribution in [1.29, 1.82) is 0 Å². The lowest BCUT2D eigenvalue weighted by Gasteiger charge is -2.34.